The number of aromatic nitrogens is 2. The van der Waals surface area contributed by atoms with Gasteiger partial charge in [-0.05, 0) is 12.8 Å². The van der Waals surface area contributed by atoms with E-state index in [4.69, 9.17) is 14.9 Å². The predicted octanol–water partition coefficient (Wildman–Crippen LogP) is -3.32. The molecule has 6 atom stereocenters. The van der Waals surface area contributed by atoms with E-state index in [0.29, 0.717) is 5.69 Å². The van der Waals surface area contributed by atoms with Crippen LogP contribution in [0, 0.1) is 0 Å². The normalized spacial score (nSPS) is 18.1. The van der Waals surface area contributed by atoms with E-state index in [2.05, 4.69) is 9.97 Å². The fourth-order valence-electron chi connectivity index (χ4n) is 2.90. The smallest absolute Gasteiger partial charge is 0.107 e. The highest BCUT2D eigenvalue weighted by atomic mass is 16.5. The van der Waals surface area contributed by atoms with Crippen LogP contribution < -0.4 is 0 Å². The Morgan fingerprint density at radius 2 is 1.48 bits per heavy atom. The van der Waals surface area contributed by atoms with Gasteiger partial charge in [-0.3, -0.25) is 9.97 Å². The standard InChI is InChI=1S/C18H32N2O9/c21-3-1-12(17(27)18(28)14(25)2-4-22)13-9-19-11(8-20-13)7-15(26)16(10-24)29-6-5-23/h8-9,12,14-18,21-28H,1-7,10H2/t12-,14?,15-,16-,17-,18-/m0/s1. The van der Waals surface area contributed by atoms with Gasteiger partial charge in [0.1, 0.15) is 12.2 Å². The lowest BCUT2D eigenvalue weighted by Crippen LogP contribution is -2.42. The zero-order valence-electron chi connectivity index (χ0n) is 16.2. The molecule has 0 spiro atoms. The molecule has 0 aliphatic heterocycles. The summed E-state index contributed by atoms with van der Waals surface area (Å²) in [5, 5.41) is 76.5. The van der Waals surface area contributed by atoms with Crippen LogP contribution in [0.5, 0.6) is 0 Å². The summed E-state index contributed by atoms with van der Waals surface area (Å²) >= 11 is 0. The lowest BCUT2D eigenvalue weighted by atomic mass is 9.89. The molecule has 29 heavy (non-hydrogen) atoms. The Bertz CT molecular complexity index is 549. The van der Waals surface area contributed by atoms with E-state index in [9.17, 15) is 30.6 Å². The lowest BCUT2D eigenvalue weighted by molar-refractivity contribution is -0.0771. The van der Waals surface area contributed by atoms with Crippen molar-refractivity contribution < 1.29 is 45.6 Å². The third-order valence-electron chi connectivity index (χ3n) is 4.58. The zero-order chi connectivity index (χ0) is 21.8. The molecule has 1 aromatic rings. The number of ether oxygens (including phenoxy) is 1. The van der Waals surface area contributed by atoms with Crippen molar-refractivity contribution in [3.8, 4) is 0 Å². The molecule has 11 nitrogen and oxygen atoms in total. The second-order valence-electron chi connectivity index (χ2n) is 6.70. The second kappa shape index (κ2) is 13.9. The summed E-state index contributed by atoms with van der Waals surface area (Å²) in [5.41, 5.74) is 0.653. The third-order valence-corrected chi connectivity index (χ3v) is 4.58. The van der Waals surface area contributed by atoms with Gasteiger partial charge in [0.05, 0.1) is 49.5 Å². The maximum absolute atomic E-state index is 10.4. The number of hydrogen-bond donors (Lipinski definition) is 8. The van der Waals surface area contributed by atoms with Crippen LogP contribution in [0.3, 0.4) is 0 Å². The van der Waals surface area contributed by atoms with Gasteiger partial charge in [0.15, 0.2) is 0 Å². The highest BCUT2D eigenvalue weighted by Gasteiger charge is 2.33. The van der Waals surface area contributed by atoms with E-state index in [-0.39, 0.29) is 51.4 Å². The van der Waals surface area contributed by atoms with Crippen molar-refractivity contribution in [3.63, 3.8) is 0 Å². The maximum Gasteiger partial charge on any atom is 0.107 e. The molecule has 0 fully saturated rings. The third kappa shape index (κ3) is 8.16. The van der Waals surface area contributed by atoms with Gasteiger partial charge in [-0.25, -0.2) is 0 Å². The molecule has 1 heterocycles. The first-order valence-electron chi connectivity index (χ1n) is 9.47. The van der Waals surface area contributed by atoms with E-state index in [1.54, 1.807) is 0 Å². The summed E-state index contributed by atoms with van der Waals surface area (Å²) in [4.78, 5) is 8.33. The molecule has 0 bridgehead atoms. The summed E-state index contributed by atoms with van der Waals surface area (Å²) in [6.45, 7) is -1.37. The van der Waals surface area contributed by atoms with E-state index in [1.165, 1.54) is 12.4 Å². The molecule has 8 N–H and O–H groups in total. The van der Waals surface area contributed by atoms with Gasteiger partial charge < -0.3 is 45.6 Å². The monoisotopic (exact) mass is 420 g/mol. The molecule has 1 aromatic heterocycles. The van der Waals surface area contributed by atoms with Crippen LogP contribution in [0.15, 0.2) is 12.4 Å². The minimum atomic E-state index is -1.55. The van der Waals surface area contributed by atoms with Crippen LogP contribution in [0.1, 0.15) is 30.1 Å². The van der Waals surface area contributed by atoms with E-state index < -0.39 is 43.0 Å². The van der Waals surface area contributed by atoms with Gasteiger partial charge in [-0.2, -0.15) is 0 Å². The Hall–Kier alpha value is -1.28. The van der Waals surface area contributed by atoms with Crippen molar-refractivity contribution in [1.29, 1.82) is 0 Å². The second-order valence-corrected chi connectivity index (χ2v) is 6.70. The Kier molecular flexibility index (Phi) is 12.3. The quantitative estimate of drug-likeness (QED) is 0.141. The average Bonchev–Trinajstić information content (AvgIpc) is 2.72. The summed E-state index contributed by atoms with van der Waals surface area (Å²) in [6, 6.07) is 0. The Balaban J connectivity index is 2.84. The number of rotatable bonds is 15. The van der Waals surface area contributed by atoms with Crippen molar-refractivity contribution >= 4 is 0 Å². The van der Waals surface area contributed by atoms with Crippen LogP contribution in [0.25, 0.3) is 0 Å². The fourth-order valence-corrected chi connectivity index (χ4v) is 2.90. The summed E-state index contributed by atoms with van der Waals surface area (Å²) in [6.07, 6.45) is -3.65. The Labute approximate surface area is 168 Å². The summed E-state index contributed by atoms with van der Waals surface area (Å²) in [7, 11) is 0. The summed E-state index contributed by atoms with van der Waals surface area (Å²) < 4.78 is 5.14. The van der Waals surface area contributed by atoms with Crippen molar-refractivity contribution in [2.45, 2.75) is 55.7 Å². The molecular formula is C18H32N2O9. The summed E-state index contributed by atoms with van der Waals surface area (Å²) in [5.74, 6) is -0.812. The van der Waals surface area contributed by atoms with Crippen molar-refractivity contribution in [3.05, 3.63) is 23.8 Å². The van der Waals surface area contributed by atoms with Crippen LogP contribution >= 0.6 is 0 Å². The van der Waals surface area contributed by atoms with Gasteiger partial charge in [-0.1, -0.05) is 0 Å². The highest BCUT2D eigenvalue weighted by molar-refractivity contribution is 5.11. The van der Waals surface area contributed by atoms with E-state index in [1.807, 2.05) is 0 Å². The Morgan fingerprint density at radius 1 is 0.793 bits per heavy atom. The first-order chi connectivity index (χ1) is 13.9. The largest absolute Gasteiger partial charge is 0.396 e. The zero-order valence-corrected chi connectivity index (χ0v) is 16.2. The molecule has 0 saturated carbocycles. The van der Waals surface area contributed by atoms with Gasteiger partial charge in [0.25, 0.3) is 0 Å². The lowest BCUT2D eigenvalue weighted by Gasteiger charge is -2.28. The van der Waals surface area contributed by atoms with E-state index >= 15 is 0 Å². The minimum Gasteiger partial charge on any atom is -0.396 e. The fraction of sp³-hybridized carbons (Fsp3) is 0.778. The van der Waals surface area contributed by atoms with Crippen LogP contribution in [0.4, 0.5) is 0 Å². The molecule has 11 heteroatoms. The first kappa shape index (κ1) is 25.8. The molecule has 0 radical (unpaired) electrons. The van der Waals surface area contributed by atoms with Gasteiger partial charge in [0, 0.05) is 37.9 Å². The molecule has 1 rings (SSSR count). The number of aliphatic hydroxyl groups is 8. The maximum atomic E-state index is 10.4. The SMILES string of the molecule is OCCO[C@@H](CO)[C@@H](O)Cc1cnc([C@H](CCO)[C@H](O)[C@@H](O)C(O)CCO)cn1. The number of nitrogens with zero attached hydrogens (tertiary/aromatic N) is 2. The first-order valence-corrected chi connectivity index (χ1v) is 9.47. The molecule has 0 saturated heterocycles. The van der Waals surface area contributed by atoms with Gasteiger partial charge in [-0.15, -0.1) is 0 Å². The van der Waals surface area contributed by atoms with Crippen molar-refractivity contribution in [1.82, 2.24) is 9.97 Å². The molecule has 0 aromatic carbocycles. The average molecular weight is 420 g/mol. The minimum absolute atomic E-state index is 0.0228. The topological polar surface area (TPSA) is 197 Å². The molecule has 1 unspecified atom stereocenters. The molecule has 168 valence electrons. The molecule has 0 aliphatic carbocycles. The van der Waals surface area contributed by atoms with Crippen molar-refractivity contribution in [2.75, 3.05) is 33.0 Å². The van der Waals surface area contributed by atoms with Gasteiger partial charge >= 0.3 is 0 Å². The van der Waals surface area contributed by atoms with Gasteiger partial charge in [0.2, 0.25) is 0 Å². The Morgan fingerprint density at radius 3 is 2.00 bits per heavy atom. The van der Waals surface area contributed by atoms with Crippen molar-refractivity contribution in [2.24, 2.45) is 0 Å². The van der Waals surface area contributed by atoms with Crippen LogP contribution in [-0.4, -0.2) is 114 Å². The highest BCUT2D eigenvalue weighted by Crippen LogP contribution is 2.25. The van der Waals surface area contributed by atoms with Crippen LogP contribution in [-0.2, 0) is 11.2 Å². The number of aliphatic hydroxyl groups excluding tert-OH is 8. The molecular weight excluding hydrogens is 388 g/mol. The predicted molar refractivity (Wildman–Crippen MR) is 99.8 cm³/mol. The van der Waals surface area contributed by atoms with E-state index in [0.717, 1.165) is 0 Å². The van der Waals surface area contributed by atoms with Crippen LogP contribution in [0.2, 0.25) is 0 Å². The molecule has 0 aliphatic rings. The molecule has 0 amide bonds. The number of hydrogen-bond acceptors (Lipinski definition) is 11.